The molecule has 0 saturated carbocycles. The van der Waals surface area contributed by atoms with E-state index < -0.39 is 6.10 Å². The monoisotopic (exact) mass is 339 g/mol. The van der Waals surface area contributed by atoms with Crippen molar-refractivity contribution in [3.05, 3.63) is 58.1 Å². The van der Waals surface area contributed by atoms with Gasteiger partial charge in [0.05, 0.1) is 12.8 Å². The van der Waals surface area contributed by atoms with Crippen molar-refractivity contribution in [1.82, 2.24) is 4.98 Å². The Morgan fingerprint density at radius 1 is 1.35 bits per heavy atom. The lowest BCUT2D eigenvalue weighted by atomic mass is 10.0. The van der Waals surface area contributed by atoms with Gasteiger partial charge < -0.3 is 9.84 Å². The SMILES string of the molecule is CCCOc1cncc(C(O)c2ccc(F)cc2Br)c1. The molecule has 1 N–H and O–H groups in total. The van der Waals surface area contributed by atoms with Gasteiger partial charge in [-0.1, -0.05) is 28.9 Å². The van der Waals surface area contributed by atoms with Gasteiger partial charge in [0, 0.05) is 16.2 Å². The Bertz CT molecular complexity index is 592. The van der Waals surface area contributed by atoms with Crippen LogP contribution in [0.1, 0.15) is 30.6 Å². The van der Waals surface area contributed by atoms with Crippen LogP contribution in [-0.4, -0.2) is 16.7 Å². The number of nitrogens with zero attached hydrogens (tertiary/aromatic N) is 1. The maximum atomic E-state index is 13.1. The average Bonchev–Trinajstić information content (AvgIpc) is 2.45. The fraction of sp³-hybridized carbons (Fsp3) is 0.267. The molecular weight excluding hydrogens is 325 g/mol. The minimum atomic E-state index is -0.886. The highest BCUT2D eigenvalue weighted by Crippen LogP contribution is 2.30. The lowest BCUT2D eigenvalue weighted by Crippen LogP contribution is -2.03. The molecule has 0 aliphatic rings. The predicted octanol–water partition coefficient (Wildman–Crippen LogP) is 3.85. The van der Waals surface area contributed by atoms with Crippen LogP contribution in [0.5, 0.6) is 5.75 Å². The number of benzene rings is 1. The summed E-state index contributed by atoms with van der Waals surface area (Å²) in [6.07, 6.45) is 3.18. The number of hydrogen-bond donors (Lipinski definition) is 1. The predicted molar refractivity (Wildman–Crippen MR) is 78.2 cm³/mol. The van der Waals surface area contributed by atoms with Crippen LogP contribution in [0, 0.1) is 5.82 Å². The summed E-state index contributed by atoms with van der Waals surface area (Å²) >= 11 is 3.25. The van der Waals surface area contributed by atoms with Gasteiger partial charge in [-0.15, -0.1) is 0 Å². The first-order valence-corrected chi connectivity index (χ1v) is 7.12. The molecule has 0 aliphatic heterocycles. The zero-order valence-corrected chi connectivity index (χ0v) is 12.6. The quantitative estimate of drug-likeness (QED) is 0.899. The first-order chi connectivity index (χ1) is 9.61. The van der Waals surface area contributed by atoms with Crippen molar-refractivity contribution in [3.63, 3.8) is 0 Å². The molecule has 20 heavy (non-hydrogen) atoms. The third-order valence-electron chi connectivity index (χ3n) is 2.78. The molecule has 2 rings (SSSR count). The largest absolute Gasteiger partial charge is 0.492 e. The summed E-state index contributed by atoms with van der Waals surface area (Å²) in [5.41, 5.74) is 1.19. The van der Waals surface area contributed by atoms with Crippen LogP contribution < -0.4 is 4.74 Å². The van der Waals surface area contributed by atoms with Gasteiger partial charge in [-0.05, 0) is 30.2 Å². The second-order valence-corrected chi connectivity index (χ2v) is 5.23. The molecule has 1 heterocycles. The van der Waals surface area contributed by atoms with Crippen LogP contribution in [0.4, 0.5) is 4.39 Å². The molecular formula is C15H15BrFNO2. The molecule has 0 aliphatic carbocycles. The molecule has 106 valence electrons. The molecule has 1 unspecified atom stereocenters. The number of pyridine rings is 1. The summed E-state index contributed by atoms with van der Waals surface area (Å²) < 4.78 is 19.1. The summed E-state index contributed by atoms with van der Waals surface area (Å²) in [7, 11) is 0. The van der Waals surface area contributed by atoms with Crippen LogP contribution in [-0.2, 0) is 0 Å². The van der Waals surface area contributed by atoms with E-state index in [2.05, 4.69) is 20.9 Å². The number of halogens is 2. The molecule has 1 atom stereocenters. The van der Waals surface area contributed by atoms with E-state index in [4.69, 9.17) is 4.74 Å². The summed E-state index contributed by atoms with van der Waals surface area (Å²) in [4.78, 5) is 4.06. The molecule has 0 fully saturated rings. The van der Waals surface area contributed by atoms with Crippen molar-refractivity contribution in [3.8, 4) is 5.75 Å². The third-order valence-corrected chi connectivity index (χ3v) is 3.47. The number of aliphatic hydroxyl groups excluding tert-OH is 1. The lowest BCUT2D eigenvalue weighted by Gasteiger charge is -2.14. The minimum Gasteiger partial charge on any atom is -0.492 e. The number of aromatic nitrogens is 1. The van der Waals surface area contributed by atoms with Gasteiger partial charge in [-0.3, -0.25) is 4.98 Å². The fourth-order valence-corrected chi connectivity index (χ4v) is 2.35. The first-order valence-electron chi connectivity index (χ1n) is 6.32. The van der Waals surface area contributed by atoms with Gasteiger partial charge in [0.25, 0.3) is 0 Å². The molecule has 1 aromatic carbocycles. The summed E-state index contributed by atoms with van der Waals surface area (Å²) in [5, 5.41) is 10.4. The molecule has 0 bridgehead atoms. The van der Waals surface area contributed by atoms with Crippen LogP contribution in [0.15, 0.2) is 41.1 Å². The topological polar surface area (TPSA) is 42.4 Å². The fourth-order valence-electron chi connectivity index (χ4n) is 1.79. The van der Waals surface area contributed by atoms with Crippen LogP contribution in [0.3, 0.4) is 0 Å². The van der Waals surface area contributed by atoms with Gasteiger partial charge in [0.2, 0.25) is 0 Å². The number of aliphatic hydroxyl groups is 1. The van der Waals surface area contributed by atoms with E-state index in [0.717, 1.165) is 6.42 Å². The summed E-state index contributed by atoms with van der Waals surface area (Å²) in [6.45, 7) is 2.61. The van der Waals surface area contributed by atoms with Crippen molar-refractivity contribution < 1.29 is 14.2 Å². The van der Waals surface area contributed by atoms with E-state index in [0.29, 0.717) is 28.0 Å². The minimum absolute atomic E-state index is 0.356. The van der Waals surface area contributed by atoms with E-state index in [1.165, 1.54) is 12.1 Å². The lowest BCUT2D eigenvalue weighted by molar-refractivity contribution is 0.218. The first kappa shape index (κ1) is 14.9. The van der Waals surface area contributed by atoms with Gasteiger partial charge in [-0.2, -0.15) is 0 Å². The Morgan fingerprint density at radius 2 is 2.15 bits per heavy atom. The van der Waals surface area contributed by atoms with Crippen LogP contribution in [0.25, 0.3) is 0 Å². The molecule has 0 saturated heterocycles. The molecule has 2 aromatic rings. The maximum Gasteiger partial charge on any atom is 0.137 e. The van der Waals surface area contributed by atoms with Gasteiger partial charge >= 0.3 is 0 Å². The van der Waals surface area contributed by atoms with Crippen molar-refractivity contribution in [2.24, 2.45) is 0 Å². The van der Waals surface area contributed by atoms with E-state index >= 15 is 0 Å². The highest BCUT2D eigenvalue weighted by atomic mass is 79.9. The Kier molecular flexibility index (Phi) is 5.09. The maximum absolute atomic E-state index is 13.1. The van der Waals surface area contributed by atoms with Crippen molar-refractivity contribution in [2.45, 2.75) is 19.4 Å². The molecule has 1 aromatic heterocycles. The molecule has 0 amide bonds. The molecule has 5 heteroatoms. The second kappa shape index (κ2) is 6.81. The molecule has 3 nitrogen and oxygen atoms in total. The third kappa shape index (κ3) is 3.55. The molecule has 0 radical (unpaired) electrons. The summed E-state index contributed by atoms with van der Waals surface area (Å²) in [6, 6.07) is 5.92. The molecule has 0 spiro atoms. The Hall–Kier alpha value is -1.46. The standard InChI is InChI=1S/C15H15BrFNO2/c1-2-5-20-12-6-10(8-18-9-12)15(19)13-4-3-11(17)7-14(13)16/h3-4,6-9,15,19H,2,5H2,1H3. The van der Waals surface area contributed by atoms with Gasteiger partial charge in [0.15, 0.2) is 0 Å². The van der Waals surface area contributed by atoms with Gasteiger partial charge in [-0.25, -0.2) is 4.39 Å². The summed E-state index contributed by atoms with van der Waals surface area (Å²) in [5.74, 6) is 0.257. The number of ether oxygens (including phenoxy) is 1. The smallest absolute Gasteiger partial charge is 0.137 e. The van der Waals surface area contributed by atoms with Crippen molar-refractivity contribution in [2.75, 3.05) is 6.61 Å². The van der Waals surface area contributed by atoms with Crippen LogP contribution in [0.2, 0.25) is 0 Å². The zero-order valence-electron chi connectivity index (χ0n) is 11.0. The van der Waals surface area contributed by atoms with E-state index in [1.54, 1.807) is 24.5 Å². The van der Waals surface area contributed by atoms with Crippen LogP contribution >= 0.6 is 15.9 Å². The van der Waals surface area contributed by atoms with Gasteiger partial charge in [0.1, 0.15) is 17.7 Å². The highest BCUT2D eigenvalue weighted by Gasteiger charge is 2.15. The van der Waals surface area contributed by atoms with E-state index in [-0.39, 0.29) is 5.82 Å². The average molecular weight is 340 g/mol. The van der Waals surface area contributed by atoms with Crippen molar-refractivity contribution in [1.29, 1.82) is 0 Å². The Labute approximate surface area is 125 Å². The second-order valence-electron chi connectivity index (χ2n) is 4.37. The number of rotatable bonds is 5. The zero-order chi connectivity index (χ0) is 14.5. The normalized spacial score (nSPS) is 12.2. The number of hydrogen-bond acceptors (Lipinski definition) is 3. The Morgan fingerprint density at radius 3 is 2.85 bits per heavy atom. The Balaban J connectivity index is 2.26. The van der Waals surface area contributed by atoms with E-state index in [1.807, 2.05) is 6.92 Å². The van der Waals surface area contributed by atoms with Crippen molar-refractivity contribution >= 4 is 15.9 Å². The highest BCUT2D eigenvalue weighted by molar-refractivity contribution is 9.10. The van der Waals surface area contributed by atoms with E-state index in [9.17, 15) is 9.50 Å².